The summed E-state index contributed by atoms with van der Waals surface area (Å²) in [5.41, 5.74) is 0.777. The van der Waals surface area contributed by atoms with Crippen molar-refractivity contribution in [3.63, 3.8) is 0 Å². The monoisotopic (exact) mass is 341 g/mol. The number of rotatable bonds is 7. The van der Waals surface area contributed by atoms with Crippen molar-refractivity contribution in [1.29, 1.82) is 0 Å². The number of sulfonamides is 1. The van der Waals surface area contributed by atoms with E-state index >= 15 is 0 Å². The lowest BCUT2D eigenvalue weighted by molar-refractivity contribution is 0.595. The first-order valence-corrected chi connectivity index (χ1v) is 9.54. The van der Waals surface area contributed by atoms with E-state index in [0.29, 0.717) is 23.8 Å². The molecule has 1 aliphatic rings. The van der Waals surface area contributed by atoms with Crippen LogP contribution < -0.4 is 4.72 Å². The highest BCUT2D eigenvalue weighted by atomic mass is 32.2. The predicted molar refractivity (Wildman–Crippen MR) is 83.9 cm³/mol. The van der Waals surface area contributed by atoms with Crippen LogP contribution in [0.3, 0.4) is 0 Å². The summed E-state index contributed by atoms with van der Waals surface area (Å²) >= 11 is 1.18. The Morgan fingerprint density at radius 1 is 1.32 bits per heavy atom. The molecule has 1 aromatic carbocycles. The first-order chi connectivity index (χ1) is 10.5. The lowest BCUT2D eigenvalue weighted by Crippen LogP contribution is -2.16. The minimum absolute atomic E-state index is 0.122. The maximum atomic E-state index is 13.1. The minimum Gasteiger partial charge on any atom is -0.257 e. The van der Waals surface area contributed by atoms with Crippen LogP contribution in [0.4, 0.5) is 9.52 Å². The Morgan fingerprint density at radius 2 is 2.14 bits per heavy atom. The molecule has 1 saturated carbocycles. The zero-order valence-electron chi connectivity index (χ0n) is 11.8. The Hall–Kier alpha value is -1.54. The van der Waals surface area contributed by atoms with Crippen LogP contribution in [-0.2, 0) is 16.4 Å². The normalized spacial score (nSPS) is 15.0. The number of hydrogen-bond acceptors (Lipinski definition) is 5. The number of anilines is 1. The topological polar surface area (TPSA) is 72.0 Å². The van der Waals surface area contributed by atoms with Crippen LogP contribution in [-0.4, -0.2) is 24.4 Å². The van der Waals surface area contributed by atoms with Crippen molar-refractivity contribution >= 4 is 26.5 Å². The summed E-state index contributed by atoms with van der Waals surface area (Å²) in [4.78, 5) is 0. The third-order valence-electron chi connectivity index (χ3n) is 3.45. The predicted octanol–water partition coefficient (Wildman–Crippen LogP) is 2.81. The van der Waals surface area contributed by atoms with Gasteiger partial charge in [0.15, 0.2) is 0 Å². The van der Waals surface area contributed by atoms with Gasteiger partial charge in [-0.1, -0.05) is 36.3 Å². The highest BCUT2D eigenvalue weighted by molar-refractivity contribution is 7.92. The first-order valence-electron chi connectivity index (χ1n) is 7.07. The number of nitrogens with one attached hydrogen (secondary N) is 1. The molecule has 0 radical (unpaired) electrons. The molecule has 1 heterocycles. The summed E-state index contributed by atoms with van der Waals surface area (Å²) in [6, 6.07) is 6.24. The molecule has 0 spiro atoms. The Bertz CT molecular complexity index is 757. The lowest BCUT2D eigenvalue weighted by Gasteiger charge is -2.03. The Morgan fingerprint density at radius 3 is 2.86 bits per heavy atom. The fraction of sp³-hybridized carbons (Fsp3) is 0.429. The van der Waals surface area contributed by atoms with Gasteiger partial charge < -0.3 is 0 Å². The molecule has 5 nitrogen and oxygen atoms in total. The molecule has 0 saturated heterocycles. The van der Waals surface area contributed by atoms with Gasteiger partial charge in [0.05, 0.1) is 5.75 Å². The van der Waals surface area contributed by atoms with Gasteiger partial charge in [0.1, 0.15) is 10.8 Å². The quantitative estimate of drug-likeness (QED) is 0.840. The molecule has 2 aromatic rings. The summed E-state index contributed by atoms with van der Waals surface area (Å²) in [6.07, 6.45) is 3.39. The molecule has 8 heteroatoms. The molecule has 1 fully saturated rings. The van der Waals surface area contributed by atoms with Crippen molar-refractivity contribution in [3.05, 3.63) is 40.7 Å². The number of nitrogens with zero attached hydrogens (tertiary/aromatic N) is 2. The molecule has 1 N–H and O–H groups in total. The summed E-state index contributed by atoms with van der Waals surface area (Å²) in [7, 11) is -3.36. The standard InChI is InChI=1S/C14H16FN3O2S2/c15-12-3-1-2-11(8-12)9-13-16-17-14(21-13)18-22(19,20)7-6-10-4-5-10/h1-3,8,10H,4-7,9H2,(H,17,18). The fourth-order valence-electron chi connectivity index (χ4n) is 2.10. The van der Waals surface area contributed by atoms with E-state index in [1.54, 1.807) is 12.1 Å². The van der Waals surface area contributed by atoms with Crippen LogP contribution in [0.5, 0.6) is 0 Å². The van der Waals surface area contributed by atoms with Gasteiger partial charge in [-0.25, -0.2) is 12.8 Å². The van der Waals surface area contributed by atoms with E-state index in [9.17, 15) is 12.8 Å². The molecule has 0 atom stereocenters. The lowest BCUT2D eigenvalue weighted by atomic mass is 10.1. The summed E-state index contributed by atoms with van der Waals surface area (Å²) in [5.74, 6) is 0.383. The van der Waals surface area contributed by atoms with Crippen molar-refractivity contribution in [1.82, 2.24) is 10.2 Å². The van der Waals surface area contributed by atoms with Crippen molar-refractivity contribution in [2.24, 2.45) is 5.92 Å². The minimum atomic E-state index is -3.36. The van der Waals surface area contributed by atoms with Crippen LogP contribution in [0.15, 0.2) is 24.3 Å². The van der Waals surface area contributed by atoms with Crippen molar-refractivity contribution in [2.75, 3.05) is 10.5 Å². The van der Waals surface area contributed by atoms with E-state index in [2.05, 4.69) is 14.9 Å². The SMILES string of the molecule is O=S(=O)(CCC1CC1)Nc1nnc(Cc2cccc(F)c2)s1. The second-order valence-electron chi connectivity index (χ2n) is 5.46. The zero-order chi connectivity index (χ0) is 15.6. The third-order valence-corrected chi connectivity index (χ3v) is 5.69. The van der Waals surface area contributed by atoms with Crippen molar-refractivity contribution in [3.8, 4) is 0 Å². The van der Waals surface area contributed by atoms with Crippen LogP contribution in [0, 0.1) is 11.7 Å². The van der Waals surface area contributed by atoms with Crippen molar-refractivity contribution in [2.45, 2.75) is 25.7 Å². The average molecular weight is 341 g/mol. The molecule has 3 rings (SSSR count). The molecular weight excluding hydrogens is 325 g/mol. The molecule has 1 aromatic heterocycles. The van der Waals surface area contributed by atoms with E-state index in [1.807, 2.05) is 0 Å². The second kappa shape index (κ2) is 6.29. The van der Waals surface area contributed by atoms with Gasteiger partial charge >= 0.3 is 0 Å². The number of hydrogen-bond donors (Lipinski definition) is 1. The average Bonchev–Trinajstić information content (AvgIpc) is 3.19. The van der Waals surface area contributed by atoms with E-state index in [-0.39, 0.29) is 16.7 Å². The molecule has 22 heavy (non-hydrogen) atoms. The highest BCUT2D eigenvalue weighted by Gasteiger charge is 2.24. The Kier molecular flexibility index (Phi) is 4.39. The third kappa shape index (κ3) is 4.48. The summed E-state index contributed by atoms with van der Waals surface area (Å²) in [5, 5.41) is 8.71. The molecule has 0 aliphatic heterocycles. The summed E-state index contributed by atoms with van der Waals surface area (Å²) in [6.45, 7) is 0. The molecule has 1 aliphatic carbocycles. The smallest absolute Gasteiger partial charge is 0.234 e. The highest BCUT2D eigenvalue weighted by Crippen LogP contribution is 2.32. The van der Waals surface area contributed by atoms with Crippen LogP contribution in [0.1, 0.15) is 29.8 Å². The number of halogens is 1. The molecule has 0 amide bonds. The Labute approximate surface area is 132 Å². The largest absolute Gasteiger partial charge is 0.257 e. The van der Waals surface area contributed by atoms with Crippen LogP contribution in [0.2, 0.25) is 0 Å². The maximum absolute atomic E-state index is 13.1. The zero-order valence-corrected chi connectivity index (χ0v) is 13.5. The molecular formula is C14H16FN3O2S2. The van der Waals surface area contributed by atoms with Crippen LogP contribution >= 0.6 is 11.3 Å². The van der Waals surface area contributed by atoms with Gasteiger partial charge in [-0.3, -0.25) is 4.72 Å². The van der Waals surface area contributed by atoms with Gasteiger partial charge in [0, 0.05) is 6.42 Å². The second-order valence-corrected chi connectivity index (χ2v) is 8.36. The van der Waals surface area contributed by atoms with Gasteiger partial charge in [-0.15, -0.1) is 10.2 Å². The summed E-state index contributed by atoms with van der Waals surface area (Å²) < 4.78 is 39.4. The molecule has 118 valence electrons. The van der Waals surface area contributed by atoms with Gasteiger partial charge in [0.2, 0.25) is 15.2 Å². The van der Waals surface area contributed by atoms with Gasteiger partial charge in [-0.2, -0.15) is 0 Å². The van der Waals surface area contributed by atoms with Crippen LogP contribution in [0.25, 0.3) is 0 Å². The van der Waals surface area contributed by atoms with E-state index in [0.717, 1.165) is 18.4 Å². The van der Waals surface area contributed by atoms with Crippen molar-refractivity contribution < 1.29 is 12.8 Å². The van der Waals surface area contributed by atoms with E-state index in [1.165, 1.54) is 23.5 Å². The number of benzene rings is 1. The van der Waals surface area contributed by atoms with Gasteiger partial charge in [-0.05, 0) is 30.0 Å². The molecule has 0 unspecified atom stereocenters. The maximum Gasteiger partial charge on any atom is 0.234 e. The van der Waals surface area contributed by atoms with Gasteiger partial charge in [0.25, 0.3) is 0 Å². The van der Waals surface area contributed by atoms with E-state index in [4.69, 9.17) is 0 Å². The number of aromatic nitrogens is 2. The Balaban J connectivity index is 1.60. The van der Waals surface area contributed by atoms with E-state index < -0.39 is 10.0 Å². The fourth-order valence-corrected chi connectivity index (χ4v) is 4.33. The molecule has 0 bridgehead atoms. The first kappa shape index (κ1) is 15.4.